The predicted octanol–water partition coefficient (Wildman–Crippen LogP) is 3.52. The average molecular weight is 283 g/mol. The first-order valence-corrected chi connectivity index (χ1v) is 7.58. The highest BCUT2D eigenvalue weighted by atomic mass is 16.4. The summed E-state index contributed by atoms with van der Waals surface area (Å²) in [6, 6.07) is 15.2. The maximum atomic E-state index is 11.1. The molecule has 0 bridgehead atoms. The van der Waals surface area contributed by atoms with Gasteiger partial charge in [-0.15, -0.1) is 0 Å². The first-order chi connectivity index (χ1) is 10.1. The van der Waals surface area contributed by atoms with Crippen molar-refractivity contribution in [2.24, 2.45) is 5.92 Å². The molecule has 2 aromatic carbocycles. The number of likely N-dealkylation sites (tertiary alicyclic amines) is 1. The summed E-state index contributed by atoms with van der Waals surface area (Å²) in [5.41, 5.74) is 1.33. The van der Waals surface area contributed by atoms with Gasteiger partial charge in [0.2, 0.25) is 0 Å². The molecule has 0 amide bonds. The van der Waals surface area contributed by atoms with Gasteiger partial charge in [0.1, 0.15) is 0 Å². The molecule has 0 aliphatic carbocycles. The first-order valence-electron chi connectivity index (χ1n) is 7.58. The van der Waals surface area contributed by atoms with E-state index in [1.54, 1.807) is 0 Å². The molecule has 2 aromatic rings. The van der Waals surface area contributed by atoms with Crippen molar-refractivity contribution in [1.82, 2.24) is 4.90 Å². The summed E-state index contributed by atoms with van der Waals surface area (Å²) in [4.78, 5) is 13.5. The van der Waals surface area contributed by atoms with Crippen LogP contribution in [0.2, 0.25) is 0 Å². The number of piperidine rings is 1. The second-order valence-corrected chi connectivity index (χ2v) is 6.02. The van der Waals surface area contributed by atoms with Crippen LogP contribution in [0.5, 0.6) is 0 Å². The fourth-order valence-corrected chi connectivity index (χ4v) is 3.33. The number of rotatable bonds is 3. The fourth-order valence-electron chi connectivity index (χ4n) is 3.33. The number of carbonyl (C=O) groups is 1. The van der Waals surface area contributed by atoms with Gasteiger partial charge in [0.05, 0.1) is 5.92 Å². The molecule has 2 atom stereocenters. The van der Waals surface area contributed by atoms with Gasteiger partial charge in [0, 0.05) is 12.6 Å². The van der Waals surface area contributed by atoms with Gasteiger partial charge in [0.15, 0.2) is 0 Å². The van der Waals surface area contributed by atoms with Crippen molar-refractivity contribution in [3.63, 3.8) is 0 Å². The van der Waals surface area contributed by atoms with Crippen LogP contribution in [0.1, 0.15) is 25.3 Å². The molecule has 1 fully saturated rings. The molecule has 0 aromatic heterocycles. The number of nitrogens with zero attached hydrogens (tertiary/aromatic N) is 1. The first kappa shape index (κ1) is 14.1. The van der Waals surface area contributed by atoms with Gasteiger partial charge in [-0.2, -0.15) is 0 Å². The van der Waals surface area contributed by atoms with Crippen molar-refractivity contribution in [3.05, 3.63) is 48.0 Å². The zero-order chi connectivity index (χ0) is 14.8. The number of aliphatic carboxylic acids is 1. The highest BCUT2D eigenvalue weighted by Gasteiger charge is 2.29. The lowest BCUT2D eigenvalue weighted by Gasteiger charge is -2.36. The highest BCUT2D eigenvalue weighted by Crippen LogP contribution is 2.27. The summed E-state index contributed by atoms with van der Waals surface area (Å²) in [6.45, 7) is 3.90. The van der Waals surface area contributed by atoms with Crippen LogP contribution in [0.3, 0.4) is 0 Å². The molecule has 1 heterocycles. The van der Waals surface area contributed by atoms with E-state index >= 15 is 0 Å². The molecule has 2 unspecified atom stereocenters. The minimum Gasteiger partial charge on any atom is -0.481 e. The van der Waals surface area contributed by atoms with Crippen LogP contribution in [0.25, 0.3) is 10.8 Å². The van der Waals surface area contributed by atoms with Gasteiger partial charge < -0.3 is 5.11 Å². The van der Waals surface area contributed by atoms with E-state index in [4.69, 9.17) is 5.11 Å². The SMILES string of the molecule is CC1CC(C(=O)O)CCN1Cc1cccc2ccccc12. The maximum absolute atomic E-state index is 11.1. The summed E-state index contributed by atoms with van der Waals surface area (Å²) in [6.07, 6.45) is 1.50. The molecule has 21 heavy (non-hydrogen) atoms. The lowest BCUT2D eigenvalue weighted by atomic mass is 9.91. The third-order valence-corrected chi connectivity index (χ3v) is 4.62. The van der Waals surface area contributed by atoms with Gasteiger partial charge in [-0.25, -0.2) is 0 Å². The van der Waals surface area contributed by atoms with Crippen molar-refractivity contribution >= 4 is 16.7 Å². The summed E-state index contributed by atoms with van der Waals surface area (Å²) in [5.74, 6) is -0.824. The Balaban J connectivity index is 1.78. The van der Waals surface area contributed by atoms with E-state index in [1.165, 1.54) is 16.3 Å². The number of carboxylic acids is 1. The predicted molar refractivity (Wildman–Crippen MR) is 84.2 cm³/mol. The van der Waals surface area contributed by atoms with Crippen molar-refractivity contribution in [2.45, 2.75) is 32.4 Å². The van der Waals surface area contributed by atoms with Gasteiger partial charge in [-0.05, 0) is 42.6 Å². The normalized spacial score (nSPS) is 23.3. The number of fused-ring (bicyclic) bond motifs is 1. The van der Waals surface area contributed by atoms with Crippen LogP contribution in [0, 0.1) is 5.92 Å². The molecular formula is C18H21NO2. The number of benzene rings is 2. The Kier molecular flexibility index (Phi) is 3.93. The van der Waals surface area contributed by atoms with Crippen LogP contribution in [-0.4, -0.2) is 28.6 Å². The van der Waals surface area contributed by atoms with E-state index in [9.17, 15) is 4.79 Å². The molecule has 0 saturated carbocycles. The lowest BCUT2D eigenvalue weighted by molar-refractivity contribution is -0.144. The Labute approximate surface area is 125 Å². The summed E-state index contributed by atoms with van der Waals surface area (Å²) in [7, 11) is 0. The van der Waals surface area contributed by atoms with Crippen LogP contribution in [0.15, 0.2) is 42.5 Å². The van der Waals surface area contributed by atoms with Crippen molar-refractivity contribution < 1.29 is 9.90 Å². The second kappa shape index (κ2) is 5.86. The minimum atomic E-state index is -0.647. The van der Waals surface area contributed by atoms with E-state index < -0.39 is 5.97 Å². The summed E-state index contributed by atoms with van der Waals surface area (Å²) >= 11 is 0. The molecule has 1 N–H and O–H groups in total. The highest BCUT2D eigenvalue weighted by molar-refractivity contribution is 5.85. The molecular weight excluding hydrogens is 262 g/mol. The Bertz CT molecular complexity index is 647. The maximum Gasteiger partial charge on any atom is 0.306 e. The van der Waals surface area contributed by atoms with E-state index in [1.807, 2.05) is 0 Å². The Morgan fingerprint density at radius 3 is 2.76 bits per heavy atom. The monoisotopic (exact) mass is 283 g/mol. The number of carboxylic acid groups (broad SMARTS) is 1. The van der Waals surface area contributed by atoms with E-state index in [0.717, 1.165) is 25.9 Å². The third kappa shape index (κ3) is 2.93. The Morgan fingerprint density at radius 2 is 2.00 bits per heavy atom. The molecule has 0 spiro atoms. The largest absolute Gasteiger partial charge is 0.481 e. The third-order valence-electron chi connectivity index (χ3n) is 4.62. The quantitative estimate of drug-likeness (QED) is 0.937. The number of hydrogen-bond acceptors (Lipinski definition) is 2. The zero-order valence-electron chi connectivity index (χ0n) is 12.3. The molecule has 3 nitrogen and oxygen atoms in total. The molecule has 3 rings (SSSR count). The van der Waals surface area contributed by atoms with Crippen LogP contribution < -0.4 is 0 Å². The van der Waals surface area contributed by atoms with E-state index in [0.29, 0.717) is 6.04 Å². The van der Waals surface area contributed by atoms with Gasteiger partial charge in [0.25, 0.3) is 0 Å². The van der Waals surface area contributed by atoms with E-state index in [-0.39, 0.29) is 5.92 Å². The summed E-state index contributed by atoms with van der Waals surface area (Å²) < 4.78 is 0. The van der Waals surface area contributed by atoms with Gasteiger partial charge >= 0.3 is 5.97 Å². The van der Waals surface area contributed by atoms with Crippen LogP contribution >= 0.6 is 0 Å². The topological polar surface area (TPSA) is 40.5 Å². The molecule has 110 valence electrons. The molecule has 1 saturated heterocycles. The Hall–Kier alpha value is -1.87. The van der Waals surface area contributed by atoms with Crippen LogP contribution in [-0.2, 0) is 11.3 Å². The molecule has 1 aliphatic rings. The van der Waals surface area contributed by atoms with Crippen molar-refractivity contribution in [1.29, 1.82) is 0 Å². The molecule has 3 heteroatoms. The van der Waals surface area contributed by atoms with Gasteiger partial charge in [-0.3, -0.25) is 9.69 Å². The number of hydrogen-bond donors (Lipinski definition) is 1. The fraction of sp³-hybridized carbons (Fsp3) is 0.389. The minimum absolute atomic E-state index is 0.177. The Morgan fingerprint density at radius 1 is 1.24 bits per heavy atom. The van der Waals surface area contributed by atoms with Crippen LogP contribution in [0.4, 0.5) is 0 Å². The van der Waals surface area contributed by atoms with Gasteiger partial charge in [-0.1, -0.05) is 42.5 Å². The molecule has 1 aliphatic heterocycles. The average Bonchev–Trinajstić information content (AvgIpc) is 2.49. The lowest BCUT2D eigenvalue weighted by Crippen LogP contribution is -2.42. The van der Waals surface area contributed by atoms with E-state index in [2.05, 4.69) is 54.3 Å². The molecule has 0 radical (unpaired) electrons. The van der Waals surface area contributed by atoms with Crippen molar-refractivity contribution in [3.8, 4) is 0 Å². The second-order valence-electron chi connectivity index (χ2n) is 6.02. The zero-order valence-corrected chi connectivity index (χ0v) is 12.3. The summed E-state index contributed by atoms with van der Waals surface area (Å²) in [5, 5.41) is 11.7. The standard InChI is InChI=1S/C18H21NO2/c1-13-11-15(18(20)21)9-10-19(13)12-16-7-4-6-14-5-2-3-8-17(14)16/h2-8,13,15H,9-12H2,1H3,(H,20,21). The van der Waals surface area contributed by atoms with Crippen molar-refractivity contribution in [2.75, 3.05) is 6.54 Å². The smallest absolute Gasteiger partial charge is 0.306 e.